The lowest BCUT2D eigenvalue weighted by atomic mass is 10.2. The lowest BCUT2D eigenvalue weighted by Gasteiger charge is -2.11. The number of hydrogen-bond donors (Lipinski definition) is 2. The van der Waals surface area contributed by atoms with E-state index in [1.807, 2.05) is 0 Å². The number of hydrogen-bond acceptors (Lipinski definition) is 6. The molecule has 0 aliphatic carbocycles. The van der Waals surface area contributed by atoms with Crippen LogP contribution < -0.4 is 10.6 Å². The summed E-state index contributed by atoms with van der Waals surface area (Å²) in [6.45, 7) is 1.27. The molecule has 0 atom stereocenters. The van der Waals surface area contributed by atoms with Gasteiger partial charge in [0.2, 0.25) is 5.91 Å². The third-order valence-electron chi connectivity index (χ3n) is 4.17. The van der Waals surface area contributed by atoms with Gasteiger partial charge in [0.15, 0.2) is 6.61 Å². The molecule has 0 aromatic heterocycles. The topological polar surface area (TPSA) is 111 Å². The largest absolute Gasteiger partial charge is 0.462 e. The number of esters is 2. The van der Waals surface area contributed by atoms with E-state index in [0.29, 0.717) is 17.3 Å². The zero-order valence-electron chi connectivity index (χ0n) is 17.8. The number of carbonyl (C=O) groups is 4. The Balaban J connectivity index is 1.76. The molecular formula is C22H20ClF3N2O6. The van der Waals surface area contributed by atoms with E-state index in [1.165, 1.54) is 24.3 Å². The molecular weight excluding hydrogens is 481 g/mol. The van der Waals surface area contributed by atoms with Gasteiger partial charge in [-0.05, 0) is 49.4 Å². The predicted molar refractivity (Wildman–Crippen MR) is 116 cm³/mol. The van der Waals surface area contributed by atoms with Gasteiger partial charge in [-0.15, -0.1) is 0 Å². The Labute approximate surface area is 197 Å². The Morgan fingerprint density at radius 3 is 2.21 bits per heavy atom. The maximum absolute atomic E-state index is 12.8. The van der Waals surface area contributed by atoms with E-state index in [2.05, 4.69) is 10.6 Å². The average molecular weight is 501 g/mol. The summed E-state index contributed by atoms with van der Waals surface area (Å²) >= 11 is 5.80. The second-order valence-corrected chi connectivity index (χ2v) is 7.15. The monoisotopic (exact) mass is 500 g/mol. The minimum atomic E-state index is -4.61. The molecule has 2 amide bonds. The zero-order chi connectivity index (χ0) is 25.3. The molecule has 34 heavy (non-hydrogen) atoms. The van der Waals surface area contributed by atoms with Crippen LogP contribution in [-0.2, 0) is 30.0 Å². The lowest BCUT2D eigenvalue weighted by molar-refractivity contribution is -0.147. The van der Waals surface area contributed by atoms with Crippen molar-refractivity contribution in [3.63, 3.8) is 0 Å². The molecule has 0 aliphatic heterocycles. The minimum absolute atomic E-state index is 0.101. The predicted octanol–water partition coefficient (Wildman–Crippen LogP) is 4.44. The third-order valence-corrected chi connectivity index (χ3v) is 4.50. The van der Waals surface area contributed by atoms with Crippen molar-refractivity contribution in [2.45, 2.75) is 25.9 Å². The summed E-state index contributed by atoms with van der Waals surface area (Å²) in [6.07, 6.45) is -5.43. The van der Waals surface area contributed by atoms with E-state index in [1.54, 1.807) is 6.92 Å². The SMILES string of the molecule is CCOC(=O)c1ccc(NC(=O)COC(=O)CCC(=O)Nc2cc(C(F)(F)F)ccc2Cl)cc1. The van der Waals surface area contributed by atoms with E-state index in [9.17, 15) is 32.3 Å². The maximum atomic E-state index is 12.8. The quantitative estimate of drug-likeness (QED) is 0.493. The number of ether oxygens (including phenoxy) is 2. The van der Waals surface area contributed by atoms with Gasteiger partial charge in [-0.2, -0.15) is 13.2 Å². The number of nitrogens with one attached hydrogen (secondary N) is 2. The minimum Gasteiger partial charge on any atom is -0.462 e. The van der Waals surface area contributed by atoms with E-state index in [4.69, 9.17) is 21.1 Å². The van der Waals surface area contributed by atoms with Gasteiger partial charge in [0.1, 0.15) is 0 Å². The summed E-state index contributed by atoms with van der Waals surface area (Å²) in [5, 5.41) is 4.57. The van der Waals surface area contributed by atoms with Crippen molar-refractivity contribution in [2.24, 2.45) is 0 Å². The van der Waals surface area contributed by atoms with Crippen LogP contribution in [0.15, 0.2) is 42.5 Å². The highest BCUT2D eigenvalue weighted by Crippen LogP contribution is 2.33. The summed E-state index contributed by atoms with van der Waals surface area (Å²) in [5.74, 6) is -2.78. The van der Waals surface area contributed by atoms with Crippen molar-refractivity contribution in [1.29, 1.82) is 0 Å². The molecule has 12 heteroatoms. The molecule has 182 valence electrons. The van der Waals surface area contributed by atoms with Gasteiger partial charge in [0.05, 0.1) is 34.9 Å². The number of anilines is 2. The van der Waals surface area contributed by atoms with Crippen LogP contribution >= 0.6 is 11.6 Å². The molecule has 0 saturated carbocycles. The van der Waals surface area contributed by atoms with Gasteiger partial charge in [0.25, 0.3) is 5.91 Å². The van der Waals surface area contributed by atoms with Crippen molar-refractivity contribution in [1.82, 2.24) is 0 Å². The number of rotatable bonds is 9. The van der Waals surface area contributed by atoms with E-state index < -0.39 is 54.9 Å². The van der Waals surface area contributed by atoms with Crippen LogP contribution in [0, 0.1) is 0 Å². The number of benzene rings is 2. The first-order valence-corrected chi connectivity index (χ1v) is 10.3. The molecule has 2 aromatic carbocycles. The molecule has 8 nitrogen and oxygen atoms in total. The van der Waals surface area contributed by atoms with E-state index in [-0.39, 0.29) is 17.3 Å². The molecule has 2 aromatic rings. The van der Waals surface area contributed by atoms with Gasteiger partial charge in [-0.3, -0.25) is 14.4 Å². The number of carbonyl (C=O) groups excluding carboxylic acids is 4. The Hall–Kier alpha value is -3.60. The first-order chi connectivity index (χ1) is 16.0. The fourth-order valence-corrected chi connectivity index (χ4v) is 2.71. The van der Waals surface area contributed by atoms with Crippen LogP contribution in [0.2, 0.25) is 5.02 Å². The second kappa shape index (κ2) is 12.0. The van der Waals surface area contributed by atoms with Crippen LogP contribution in [0.4, 0.5) is 24.5 Å². The highest BCUT2D eigenvalue weighted by Gasteiger charge is 2.31. The second-order valence-electron chi connectivity index (χ2n) is 6.75. The fourth-order valence-electron chi connectivity index (χ4n) is 2.55. The van der Waals surface area contributed by atoms with Crippen molar-refractivity contribution in [2.75, 3.05) is 23.8 Å². The summed E-state index contributed by atoms with van der Waals surface area (Å²) in [7, 11) is 0. The zero-order valence-corrected chi connectivity index (χ0v) is 18.6. The van der Waals surface area contributed by atoms with Crippen LogP contribution in [0.1, 0.15) is 35.7 Å². The number of alkyl halides is 3. The Bertz CT molecular complexity index is 1060. The Morgan fingerprint density at radius 1 is 0.912 bits per heavy atom. The molecule has 0 radical (unpaired) electrons. The van der Waals surface area contributed by atoms with Gasteiger partial charge >= 0.3 is 18.1 Å². The van der Waals surface area contributed by atoms with Crippen molar-refractivity contribution < 1.29 is 41.8 Å². The molecule has 0 fully saturated rings. The van der Waals surface area contributed by atoms with Crippen LogP contribution in [0.3, 0.4) is 0 Å². The van der Waals surface area contributed by atoms with Crippen molar-refractivity contribution >= 4 is 46.7 Å². The highest BCUT2D eigenvalue weighted by atomic mass is 35.5. The highest BCUT2D eigenvalue weighted by molar-refractivity contribution is 6.33. The molecule has 0 heterocycles. The van der Waals surface area contributed by atoms with Crippen molar-refractivity contribution in [3.8, 4) is 0 Å². The maximum Gasteiger partial charge on any atom is 0.416 e. The van der Waals surface area contributed by atoms with Crippen LogP contribution in [0.5, 0.6) is 0 Å². The Kier molecular flexibility index (Phi) is 9.43. The summed E-state index contributed by atoms with van der Waals surface area (Å²) in [5.41, 5.74) is -0.584. The van der Waals surface area contributed by atoms with Crippen LogP contribution in [-0.4, -0.2) is 37.0 Å². The van der Waals surface area contributed by atoms with E-state index in [0.717, 1.165) is 12.1 Å². The van der Waals surface area contributed by atoms with Gasteiger partial charge in [0, 0.05) is 12.1 Å². The molecule has 0 aliphatic rings. The normalized spacial score (nSPS) is 10.9. The number of amides is 2. The average Bonchev–Trinajstić information content (AvgIpc) is 2.77. The first-order valence-electron chi connectivity index (χ1n) is 9.89. The van der Waals surface area contributed by atoms with Gasteiger partial charge < -0.3 is 20.1 Å². The summed E-state index contributed by atoms with van der Waals surface area (Å²) in [4.78, 5) is 47.2. The molecule has 0 saturated heterocycles. The van der Waals surface area contributed by atoms with E-state index >= 15 is 0 Å². The van der Waals surface area contributed by atoms with Gasteiger partial charge in [-0.1, -0.05) is 11.6 Å². The summed E-state index contributed by atoms with van der Waals surface area (Å²) in [6, 6.07) is 8.29. The number of halogens is 4. The molecule has 0 unspecified atom stereocenters. The standard InChI is InChI=1S/C22H20ClF3N2O6/c1-2-33-21(32)13-3-6-15(7-4-13)27-19(30)12-34-20(31)10-9-18(29)28-17-11-14(22(24,25)26)5-8-16(17)23/h3-8,11H,2,9-10,12H2,1H3,(H,27,30)(H,28,29). The van der Waals surface area contributed by atoms with Crippen LogP contribution in [0.25, 0.3) is 0 Å². The molecule has 0 spiro atoms. The summed E-state index contributed by atoms with van der Waals surface area (Å²) < 4.78 is 48.0. The lowest BCUT2D eigenvalue weighted by Crippen LogP contribution is -2.22. The Morgan fingerprint density at radius 2 is 1.59 bits per heavy atom. The smallest absolute Gasteiger partial charge is 0.416 e. The molecule has 2 N–H and O–H groups in total. The van der Waals surface area contributed by atoms with Gasteiger partial charge in [-0.25, -0.2) is 4.79 Å². The van der Waals surface area contributed by atoms with Crippen molar-refractivity contribution in [3.05, 3.63) is 58.6 Å². The molecule has 0 bridgehead atoms. The third kappa shape index (κ3) is 8.39. The fraction of sp³-hybridized carbons (Fsp3) is 0.273. The molecule has 2 rings (SSSR count). The first kappa shape index (κ1) is 26.7.